The summed E-state index contributed by atoms with van der Waals surface area (Å²) in [6, 6.07) is 18.4. The monoisotopic (exact) mass is 430 g/mol. The van der Waals surface area contributed by atoms with Gasteiger partial charge in [0.25, 0.3) is 5.56 Å². The van der Waals surface area contributed by atoms with E-state index in [0.29, 0.717) is 29.3 Å². The van der Waals surface area contributed by atoms with Gasteiger partial charge in [0, 0.05) is 42.1 Å². The molecule has 0 saturated carbocycles. The summed E-state index contributed by atoms with van der Waals surface area (Å²) < 4.78 is 8.87. The fourth-order valence-electron chi connectivity index (χ4n) is 3.44. The van der Waals surface area contributed by atoms with Gasteiger partial charge in [-0.3, -0.25) is 9.36 Å². The minimum Gasteiger partial charge on any atom is -0.495 e. The molecular formula is C24H19ClN4O2. The standard InChI is InChI=1S/C24H19ClN4O2/c1-31-23-10-17(5-6-19(23)13-26)9-22-14-27-16-28(22)15-18-7-8-29(24(30)11-18)21-4-2-3-20(25)12-21/h2-8,10-12,14,16H,9,15H2,1H3. The highest BCUT2D eigenvalue weighted by molar-refractivity contribution is 6.30. The van der Waals surface area contributed by atoms with Crippen LogP contribution in [0.5, 0.6) is 5.75 Å². The number of hydrogen-bond acceptors (Lipinski definition) is 4. The highest BCUT2D eigenvalue weighted by atomic mass is 35.5. The summed E-state index contributed by atoms with van der Waals surface area (Å²) in [6.07, 6.45) is 5.93. The molecule has 2 heterocycles. The van der Waals surface area contributed by atoms with Gasteiger partial charge in [-0.1, -0.05) is 23.7 Å². The minimum absolute atomic E-state index is 0.127. The lowest BCUT2D eigenvalue weighted by Crippen LogP contribution is -2.18. The number of hydrogen-bond donors (Lipinski definition) is 0. The summed E-state index contributed by atoms with van der Waals surface area (Å²) in [7, 11) is 1.55. The summed E-state index contributed by atoms with van der Waals surface area (Å²) >= 11 is 6.04. The average Bonchev–Trinajstić information content (AvgIpc) is 3.20. The summed E-state index contributed by atoms with van der Waals surface area (Å²) in [4.78, 5) is 16.9. The first kappa shape index (κ1) is 20.5. The molecule has 0 radical (unpaired) electrons. The van der Waals surface area contributed by atoms with Crippen molar-refractivity contribution in [3.63, 3.8) is 0 Å². The van der Waals surface area contributed by atoms with E-state index in [1.54, 1.807) is 54.7 Å². The van der Waals surface area contributed by atoms with E-state index in [1.807, 2.05) is 34.9 Å². The van der Waals surface area contributed by atoms with E-state index in [2.05, 4.69) is 11.1 Å². The molecule has 0 spiro atoms. The number of nitrogens with zero attached hydrogens (tertiary/aromatic N) is 4. The number of imidazole rings is 1. The number of ether oxygens (including phenoxy) is 1. The van der Waals surface area contributed by atoms with Gasteiger partial charge in [-0.15, -0.1) is 0 Å². The highest BCUT2D eigenvalue weighted by Crippen LogP contribution is 2.21. The Bertz CT molecular complexity index is 1330. The lowest BCUT2D eigenvalue weighted by atomic mass is 10.1. The molecule has 0 aliphatic rings. The molecule has 0 atom stereocenters. The summed E-state index contributed by atoms with van der Waals surface area (Å²) in [5.74, 6) is 0.552. The zero-order chi connectivity index (χ0) is 21.8. The van der Waals surface area contributed by atoms with Crippen LogP contribution in [0.4, 0.5) is 0 Å². The SMILES string of the molecule is COc1cc(Cc2cncn2Cc2ccn(-c3cccc(Cl)c3)c(=O)c2)ccc1C#N. The van der Waals surface area contributed by atoms with Crippen molar-refractivity contribution in [1.82, 2.24) is 14.1 Å². The van der Waals surface area contributed by atoms with Crippen LogP contribution >= 0.6 is 11.6 Å². The number of halogens is 1. The molecule has 2 aromatic carbocycles. The Balaban J connectivity index is 1.56. The van der Waals surface area contributed by atoms with E-state index < -0.39 is 0 Å². The lowest BCUT2D eigenvalue weighted by molar-refractivity contribution is 0.413. The number of aromatic nitrogens is 3. The third-order valence-corrected chi connectivity index (χ3v) is 5.23. The van der Waals surface area contributed by atoms with Crippen LogP contribution in [0.1, 0.15) is 22.4 Å². The molecule has 2 aromatic heterocycles. The molecule has 0 bridgehead atoms. The fourth-order valence-corrected chi connectivity index (χ4v) is 3.62. The van der Waals surface area contributed by atoms with Gasteiger partial charge < -0.3 is 9.30 Å². The van der Waals surface area contributed by atoms with Crippen LogP contribution in [0.25, 0.3) is 5.69 Å². The minimum atomic E-state index is -0.127. The summed E-state index contributed by atoms with van der Waals surface area (Å²) in [5, 5.41) is 9.74. The molecule has 0 fully saturated rings. The number of benzene rings is 2. The van der Waals surface area contributed by atoms with Crippen LogP contribution in [0.2, 0.25) is 5.02 Å². The fraction of sp³-hybridized carbons (Fsp3) is 0.125. The van der Waals surface area contributed by atoms with Gasteiger partial charge in [0.1, 0.15) is 11.8 Å². The zero-order valence-electron chi connectivity index (χ0n) is 16.8. The van der Waals surface area contributed by atoms with Crippen LogP contribution in [0, 0.1) is 11.3 Å². The second-order valence-corrected chi connectivity index (χ2v) is 7.50. The Kier molecular flexibility index (Phi) is 5.87. The second kappa shape index (κ2) is 8.90. The number of rotatable bonds is 6. The topological polar surface area (TPSA) is 72.8 Å². The molecule has 0 amide bonds. The first-order valence-corrected chi connectivity index (χ1v) is 9.98. The first-order valence-electron chi connectivity index (χ1n) is 9.61. The van der Waals surface area contributed by atoms with Crippen LogP contribution in [0.3, 0.4) is 0 Å². The Morgan fingerprint density at radius 3 is 2.74 bits per heavy atom. The van der Waals surface area contributed by atoms with Crippen molar-refractivity contribution in [2.45, 2.75) is 13.0 Å². The van der Waals surface area contributed by atoms with Crippen molar-refractivity contribution < 1.29 is 4.74 Å². The Morgan fingerprint density at radius 2 is 2.00 bits per heavy atom. The van der Waals surface area contributed by atoms with E-state index in [0.717, 1.165) is 22.5 Å². The molecule has 0 saturated heterocycles. The molecule has 0 aliphatic heterocycles. The molecule has 0 aliphatic carbocycles. The van der Waals surface area contributed by atoms with Gasteiger partial charge in [-0.05, 0) is 47.5 Å². The quantitative estimate of drug-likeness (QED) is 0.459. The van der Waals surface area contributed by atoms with Gasteiger partial charge in [-0.25, -0.2) is 4.98 Å². The van der Waals surface area contributed by atoms with Crippen molar-refractivity contribution in [2.75, 3.05) is 7.11 Å². The first-order chi connectivity index (χ1) is 15.1. The van der Waals surface area contributed by atoms with E-state index >= 15 is 0 Å². The normalized spacial score (nSPS) is 10.6. The summed E-state index contributed by atoms with van der Waals surface area (Å²) in [6.45, 7) is 0.522. The van der Waals surface area contributed by atoms with E-state index in [1.165, 1.54) is 0 Å². The van der Waals surface area contributed by atoms with Crippen molar-refractivity contribution in [2.24, 2.45) is 0 Å². The predicted molar refractivity (Wildman–Crippen MR) is 119 cm³/mol. The van der Waals surface area contributed by atoms with Crippen molar-refractivity contribution >= 4 is 11.6 Å². The largest absolute Gasteiger partial charge is 0.495 e. The van der Waals surface area contributed by atoms with E-state index in [9.17, 15) is 4.79 Å². The lowest BCUT2D eigenvalue weighted by Gasteiger charge is -2.11. The maximum absolute atomic E-state index is 12.6. The average molecular weight is 431 g/mol. The second-order valence-electron chi connectivity index (χ2n) is 7.06. The van der Waals surface area contributed by atoms with Gasteiger partial charge >= 0.3 is 0 Å². The number of methoxy groups -OCH3 is 1. The van der Waals surface area contributed by atoms with Crippen LogP contribution in [-0.4, -0.2) is 21.2 Å². The molecule has 6 nitrogen and oxygen atoms in total. The van der Waals surface area contributed by atoms with Crippen molar-refractivity contribution in [3.8, 4) is 17.5 Å². The predicted octanol–water partition coefficient (Wildman–Crippen LogP) is 4.21. The van der Waals surface area contributed by atoms with Crippen molar-refractivity contribution in [3.05, 3.63) is 111 Å². The summed E-state index contributed by atoms with van der Waals surface area (Å²) in [5.41, 5.74) is 3.97. The van der Waals surface area contributed by atoms with Gasteiger partial charge in [0.05, 0.1) is 24.7 Å². The molecule has 4 rings (SSSR count). The zero-order valence-corrected chi connectivity index (χ0v) is 17.6. The number of nitriles is 1. The van der Waals surface area contributed by atoms with Gasteiger partial charge in [0.2, 0.25) is 0 Å². The highest BCUT2D eigenvalue weighted by Gasteiger charge is 2.09. The van der Waals surface area contributed by atoms with E-state index in [-0.39, 0.29) is 5.56 Å². The Labute approximate surface area is 184 Å². The molecule has 4 aromatic rings. The molecular weight excluding hydrogens is 412 g/mol. The number of pyridine rings is 1. The third kappa shape index (κ3) is 4.52. The molecule has 7 heteroatoms. The molecule has 31 heavy (non-hydrogen) atoms. The smallest absolute Gasteiger partial charge is 0.255 e. The molecule has 154 valence electrons. The van der Waals surface area contributed by atoms with E-state index in [4.69, 9.17) is 21.6 Å². The maximum Gasteiger partial charge on any atom is 0.255 e. The van der Waals surface area contributed by atoms with Crippen molar-refractivity contribution in [1.29, 1.82) is 5.26 Å². The van der Waals surface area contributed by atoms with Crippen LogP contribution in [0.15, 0.2) is 78.1 Å². The van der Waals surface area contributed by atoms with Crippen LogP contribution in [-0.2, 0) is 13.0 Å². The Hall–Kier alpha value is -3.82. The van der Waals surface area contributed by atoms with Gasteiger partial charge in [0.15, 0.2) is 0 Å². The maximum atomic E-state index is 12.6. The Morgan fingerprint density at radius 1 is 1.13 bits per heavy atom. The van der Waals surface area contributed by atoms with Gasteiger partial charge in [-0.2, -0.15) is 5.26 Å². The molecule has 0 N–H and O–H groups in total. The molecule has 0 unspecified atom stereocenters. The van der Waals surface area contributed by atoms with Crippen LogP contribution < -0.4 is 10.3 Å². The third-order valence-electron chi connectivity index (χ3n) is 4.99.